The van der Waals surface area contributed by atoms with Crippen molar-refractivity contribution in [3.05, 3.63) is 46.6 Å². The monoisotopic (exact) mass is 273 g/mol. The van der Waals surface area contributed by atoms with E-state index in [9.17, 15) is 4.79 Å². The van der Waals surface area contributed by atoms with Crippen LogP contribution in [0.3, 0.4) is 0 Å². The van der Waals surface area contributed by atoms with Crippen molar-refractivity contribution in [2.75, 3.05) is 0 Å². The lowest BCUT2D eigenvalue weighted by atomic mass is 10.1. The molecule has 0 saturated carbocycles. The summed E-state index contributed by atoms with van der Waals surface area (Å²) in [6, 6.07) is 9.68. The number of aromatic amines is 1. The number of rotatable bonds is 8. The van der Waals surface area contributed by atoms with Crippen molar-refractivity contribution in [3.63, 3.8) is 0 Å². The van der Waals surface area contributed by atoms with Gasteiger partial charge >= 0.3 is 5.69 Å². The molecule has 4 heteroatoms. The zero-order valence-corrected chi connectivity index (χ0v) is 12.1. The van der Waals surface area contributed by atoms with E-state index in [1.165, 1.54) is 32.1 Å². The Morgan fingerprint density at radius 1 is 1.05 bits per heavy atom. The molecule has 0 aliphatic carbocycles. The number of benzene rings is 1. The Balaban J connectivity index is 1.95. The lowest BCUT2D eigenvalue weighted by Crippen LogP contribution is -2.16. The Morgan fingerprint density at radius 3 is 2.50 bits per heavy atom. The van der Waals surface area contributed by atoms with Gasteiger partial charge in [0.15, 0.2) is 0 Å². The van der Waals surface area contributed by atoms with Crippen molar-refractivity contribution in [2.45, 2.75) is 51.9 Å². The van der Waals surface area contributed by atoms with Crippen LogP contribution in [0.5, 0.6) is 0 Å². The first-order valence-electron chi connectivity index (χ1n) is 7.54. The summed E-state index contributed by atoms with van der Waals surface area (Å²) in [6.45, 7) is 2.22. The number of H-pyrrole nitrogens is 1. The normalized spacial score (nSPS) is 10.8. The summed E-state index contributed by atoms with van der Waals surface area (Å²) in [5.41, 5.74) is 0.726. The second kappa shape index (κ2) is 7.68. The molecule has 1 N–H and O–H groups in total. The fraction of sp³-hybridized carbons (Fsp3) is 0.500. The molecule has 2 aromatic rings. The van der Waals surface area contributed by atoms with E-state index in [2.05, 4.69) is 17.1 Å². The van der Waals surface area contributed by atoms with Crippen LogP contribution in [0.1, 0.15) is 51.3 Å². The number of nitrogens with one attached hydrogen (secondary N) is 1. The first kappa shape index (κ1) is 14.6. The van der Waals surface area contributed by atoms with Crippen LogP contribution in [0.4, 0.5) is 0 Å². The van der Waals surface area contributed by atoms with Gasteiger partial charge in [0.25, 0.3) is 0 Å². The fourth-order valence-electron chi connectivity index (χ4n) is 2.40. The van der Waals surface area contributed by atoms with Crippen molar-refractivity contribution >= 4 is 0 Å². The van der Waals surface area contributed by atoms with Gasteiger partial charge in [0.1, 0.15) is 5.82 Å². The molecule has 0 atom stereocenters. The van der Waals surface area contributed by atoms with Crippen LogP contribution in [0.25, 0.3) is 5.69 Å². The number of nitrogens with zero attached hydrogens (tertiary/aromatic N) is 2. The van der Waals surface area contributed by atoms with E-state index in [4.69, 9.17) is 0 Å². The minimum absolute atomic E-state index is 0.155. The van der Waals surface area contributed by atoms with Gasteiger partial charge in [-0.15, -0.1) is 0 Å². The molecule has 2 rings (SSSR count). The molecular formula is C16H23N3O. The SMILES string of the molecule is CCCCCCCCc1n[nH]c(=O)n1-c1ccccc1. The molecular weight excluding hydrogens is 250 g/mol. The molecule has 0 radical (unpaired) electrons. The third-order valence-corrected chi connectivity index (χ3v) is 3.51. The molecule has 1 aromatic carbocycles. The predicted octanol–water partition coefficient (Wildman–Crippen LogP) is 3.46. The van der Waals surface area contributed by atoms with Gasteiger partial charge < -0.3 is 0 Å². The zero-order chi connectivity index (χ0) is 14.2. The first-order chi connectivity index (χ1) is 9.83. The largest absolute Gasteiger partial charge is 0.347 e. The third-order valence-electron chi connectivity index (χ3n) is 3.51. The molecule has 0 saturated heterocycles. The van der Waals surface area contributed by atoms with Crippen molar-refractivity contribution in [3.8, 4) is 5.69 Å². The first-order valence-corrected chi connectivity index (χ1v) is 7.54. The Kier molecular flexibility index (Phi) is 5.59. The lowest BCUT2D eigenvalue weighted by molar-refractivity contribution is 0.598. The molecule has 0 amide bonds. The number of unbranched alkanes of at least 4 members (excludes halogenated alkanes) is 5. The van der Waals surface area contributed by atoms with Crippen molar-refractivity contribution in [1.29, 1.82) is 0 Å². The van der Waals surface area contributed by atoms with Crippen molar-refractivity contribution in [2.24, 2.45) is 0 Å². The Labute approximate surface area is 119 Å². The van der Waals surface area contributed by atoms with Crippen LogP contribution in [0, 0.1) is 0 Å². The van der Waals surface area contributed by atoms with Gasteiger partial charge in [-0.3, -0.25) is 0 Å². The van der Waals surface area contributed by atoms with E-state index >= 15 is 0 Å². The maximum Gasteiger partial charge on any atom is 0.347 e. The van der Waals surface area contributed by atoms with Crippen LogP contribution in [-0.4, -0.2) is 14.8 Å². The van der Waals surface area contributed by atoms with E-state index in [-0.39, 0.29) is 5.69 Å². The van der Waals surface area contributed by atoms with Gasteiger partial charge in [0, 0.05) is 6.42 Å². The third kappa shape index (κ3) is 3.83. The van der Waals surface area contributed by atoms with E-state index in [0.717, 1.165) is 24.4 Å². The van der Waals surface area contributed by atoms with Crippen LogP contribution in [0.2, 0.25) is 0 Å². The minimum atomic E-state index is -0.155. The highest BCUT2D eigenvalue weighted by Gasteiger charge is 2.09. The molecule has 0 aliphatic rings. The highest BCUT2D eigenvalue weighted by molar-refractivity contribution is 5.31. The molecule has 1 heterocycles. The highest BCUT2D eigenvalue weighted by atomic mass is 16.1. The molecule has 108 valence electrons. The van der Waals surface area contributed by atoms with Crippen LogP contribution in [0.15, 0.2) is 35.1 Å². The maximum atomic E-state index is 11.9. The van der Waals surface area contributed by atoms with E-state index in [0.29, 0.717) is 0 Å². The molecule has 0 spiro atoms. The average Bonchev–Trinajstić information content (AvgIpc) is 2.84. The standard InChI is InChI=1S/C16H23N3O/c1-2-3-4-5-6-10-13-15-17-18-16(20)19(15)14-11-8-7-9-12-14/h7-9,11-12H,2-6,10,13H2,1H3,(H,18,20). The van der Waals surface area contributed by atoms with Crippen molar-refractivity contribution in [1.82, 2.24) is 14.8 Å². The van der Waals surface area contributed by atoms with Crippen LogP contribution < -0.4 is 5.69 Å². The average molecular weight is 273 g/mol. The number of hydrogen-bond acceptors (Lipinski definition) is 2. The number of para-hydroxylation sites is 1. The highest BCUT2D eigenvalue weighted by Crippen LogP contribution is 2.11. The molecule has 0 bridgehead atoms. The second-order valence-corrected chi connectivity index (χ2v) is 5.13. The van der Waals surface area contributed by atoms with Crippen LogP contribution >= 0.6 is 0 Å². The topological polar surface area (TPSA) is 50.7 Å². The summed E-state index contributed by atoms with van der Waals surface area (Å²) in [5, 5.41) is 6.71. The van der Waals surface area contributed by atoms with E-state index < -0.39 is 0 Å². The lowest BCUT2D eigenvalue weighted by Gasteiger charge is -2.05. The molecule has 0 aliphatic heterocycles. The van der Waals surface area contributed by atoms with Gasteiger partial charge in [-0.05, 0) is 18.6 Å². The van der Waals surface area contributed by atoms with E-state index in [1.54, 1.807) is 4.57 Å². The van der Waals surface area contributed by atoms with Crippen LogP contribution in [-0.2, 0) is 6.42 Å². The van der Waals surface area contributed by atoms with Gasteiger partial charge in [0.2, 0.25) is 0 Å². The Bertz CT molecular complexity index is 557. The van der Waals surface area contributed by atoms with Gasteiger partial charge in [0.05, 0.1) is 5.69 Å². The summed E-state index contributed by atoms with van der Waals surface area (Å²) in [7, 11) is 0. The zero-order valence-electron chi connectivity index (χ0n) is 12.1. The maximum absolute atomic E-state index is 11.9. The quantitative estimate of drug-likeness (QED) is 0.749. The summed E-state index contributed by atoms with van der Waals surface area (Å²) in [5.74, 6) is 0.830. The smallest absolute Gasteiger partial charge is 0.247 e. The number of aryl methyl sites for hydroxylation is 1. The summed E-state index contributed by atoms with van der Waals surface area (Å²) < 4.78 is 1.67. The Hall–Kier alpha value is -1.84. The van der Waals surface area contributed by atoms with Gasteiger partial charge in [-0.2, -0.15) is 5.10 Å². The summed E-state index contributed by atoms with van der Waals surface area (Å²) in [4.78, 5) is 11.9. The molecule has 20 heavy (non-hydrogen) atoms. The van der Waals surface area contributed by atoms with Gasteiger partial charge in [-0.25, -0.2) is 14.5 Å². The van der Waals surface area contributed by atoms with Gasteiger partial charge in [-0.1, -0.05) is 57.2 Å². The second-order valence-electron chi connectivity index (χ2n) is 5.13. The summed E-state index contributed by atoms with van der Waals surface area (Å²) >= 11 is 0. The fourth-order valence-corrected chi connectivity index (χ4v) is 2.40. The Morgan fingerprint density at radius 2 is 1.75 bits per heavy atom. The van der Waals surface area contributed by atoms with Crippen molar-refractivity contribution < 1.29 is 0 Å². The number of hydrogen-bond donors (Lipinski definition) is 1. The molecule has 0 unspecified atom stereocenters. The van der Waals surface area contributed by atoms with E-state index in [1.807, 2.05) is 30.3 Å². The number of aromatic nitrogens is 3. The summed E-state index contributed by atoms with van der Waals surface area (Å²) in [6.07, 6.45) is 8.30. The molecule has 1 aromatic heterocycles. The molecule has 0 fully saturated rings. The minimum Gasteiger partial charge on any atom is -0.247 e. The predicted molar refractivity (Wildman–Crippen MR) is 81.3 cm³/mol. The molecule has 4 nitrogen and oxygen atoms in total.